The van der Waals surface area contributed by atoms with E-state index in [4.69, 9.17) is 10.5 Å². The molecule has 5 nitrogen and oxygen atoms in total. The topological polar surface area (TPSA) is 72.6 Å². The van der Waals surface area contributed by atoms with Gasteiger partial charge in [-0.1, -0.05) is 37.3 Å². The van der Waals surface area contributed by atoms with Crippen molar-refractivity contribution in [3.63, 3.8) is 0 Å². The molecule has 1 fully saturated rings. The molecule has 2 N–H and O–H groups in total. The number of halogens is 1. The molecule has 0 amide bonds. The highest BCUT2D eigenvalue weighted by atomic mass is 35.5. The van der Waals surface area contributed by atoms with Crippen LogP contribution in [-0.2, 0) is 10.0 Å². The van der Waals surface area contributed by atoms with Crippen molar-refractivity contribution in [2.24, 2.45) is 11.7 Å². The van der Waals surface area contributed by atoms with Crippen LogP contribution in [-0.4, -0.2) is 39.0 Å². The first-order chi connectivity index (χ1) is 12.6. The Morgan fingerprint density at radius 3 is 2.33 bits per heavy atom. The average molecular weight is 411 g/mol. The quantitative estimate of drug-likeness (QED) is 0.760. The normalized spacial score (nSPS) is 20.2. The molecular weight excluding hydrogens is 384 g/mol. The lowest BCUT2D eigenvalue weighted by atomic mass is 9.89. The zero-order chi connectivity index (χ0) is 18.6. The molecule has 1 saturated heterocycles. The van der Waals surface area contributed by atoms with Gasteiger partial charge in [0.15, 0.2) is 0 Å². The third-order valence-corrected chi connectivity index (χ3v) is 6.72. The Morgan fingerprint density at radius 2 is 1.74 bits per heavy atom. The molecule has 148 valence electrons. The van der Waals surface area contributed by atoms with Crippen LogP contribution in [0.4, 0.5) is 0 Å². The summed E-state index contributed by atoms with van der Waals surface area (Å²) in [7, 11) is -3.54. The van der Waals surface area contributed by atoms with Gasteiger partial charge in [-0.25, -0.2) is 8.42 Å². The Morgan fingerprint density at radius 1 is 1.07 bits per heavy atom. The summed E-state index contributed by atoms with van der Waals surface area (Å²) in [5.41, 5.74) is 7.08. The standard InChI is InChI=1S/C20H26N2O3S.ClH/c1-2-12-25-18-8-10-19(11-9-18)26(23,24)22-14-17(13-21)20(15-22)16-6-4-3-5-7-16;/h3-11,17,20H,2,12-15,21H2,1H3;1H/t17-,20+;/m1./s1. The van der Waals surface area contributed by atoms with E-state index in [1.165, 1.54) is 0 Å². The summed E-state index contributed by atoms with van der Waals surface area (Å²) in [6.45, 7) is 4.03. The number of sulfonamides is 1. The lowest BCUT2D eigenvalue weighted by Crippen LogP contribution is -2.30. The summed E-state index contributed by atoms with van der Waals surface area (Å²) in [5, 5.41) is 0. The summed E-state index contributed by atoms with van der Waals surface area (Å²) in [6.07, 6.45) is 0.912. The first-order valence-corrected chi connectivity index (χ1v) is 10.5. The van der Waals surface area contributed by atoms with Gasteiger partial charge < -0.3 is 10.5 Å². The largest absolute Gasteiger partial charge is 0.494 e. The summed E-state index contributed by atoms with van der Waals surface area (Å²) in [5.74, 6) is 0.941. The molecule has 2 aromatic carbocycles. The smallest absolute Gasteiger partial charge is 0.243 e. The van der Waals surface area contributed by atoms with E-state index in [0.717, 1.165) is 12.0 Å². The molecule has 0 bridgehead atoms. The number of ether oxygens (including phenoxy) is 1. The summed E-state index contributed by atoms with van der Waals surface area (Å²) < 4.78 is 33.2. The summed E-state index contributed by atoms with van der Waals surface area (Å²) >= 11 is 0. The highest BCUT2D eigenvalue weighted by Gasteiger charge is 2.39. The van der Waals surface area contributed by atoms with E-state index >= 15 is 0 Å². The van der Waals surface area contributed by atoms with Crippen LogP contribution < -0.4 is 10.5 Å². The van der Waals surface area contributed by atoms with E-state index in [9.17, 15) is 8.42 Å². The van der Waals surface area contributed by atoms with Gasteiger partial charge in [0.1, 0.15) is 5.75 Å². The van der Waals surface area contributed by atoms with E-state index in [-0.39, 0.29) is 24.2 Å². The van der Waals surface area contributed by atoms with Crippen LogP contribution in [0.5, 0.6) is 5.75 Å². The fourth-order valence-corrected chi connectivity index (χ4v) is 4.94. The number of hydrogen-bond donors (Lipinski definition) is 1. The Kier molecular flexibility index (Phi) is 7.68. The van der Waals surface area contributed by atoms with Crippen LogP contribution in [0.15, 0.2) is 59.5 Å². The van der Waals surface area contributed by atoms with Gasteiger partial charge in [-0.3, -0.25) is 0 Å². The second kappa shape index (κ2) is 9.55. The van der Waals surface area contributed by atoms with E-state index in [0.29, 0.717) is 36.9 Å². The number of nitrogens with two attached hydrogens (primary N) is 1. The van der Waals surface area contributed by atoms with Gasteiger partial charge in [0.2, 0.25) is 10.0 Å². The van der Waals surface area contributed by atoms with E-state index in [1.807, 2.05) is 37.3 Å². The molecule has 1 aliphatic heterocycles. The molecule has 0 unspecified atom stereocenters. The average Bonchev–Trinajstić information content (AvgIpc) is 3.13. The Balaban J connectivity index is 0.00000261. The Bertz CT molecular complexity index is 813. The molecular formula is C20H27ClN2O3S. The van der Waals surface area contributed by atoms with Crippen molar-refractivity contribution < 1.29 is 13.2 Å². The fourth-order valence-electron chi connectivity index (χ4n) is 3.42. The summed E-state index contributed by atoms with van der Waals surface area (Å²) in [6, 6.07) is 16.7. The molecule has 27 heavy (non-hydrogen) atoms. The second-order valence-electron chi connectivity index (χ2n) is 6.65. The molecule has 2 aromatic rings. The fraction of sp³-hybridized carbons (Fsp3) is 0.400. The van der Waals surface area contributed by atoms with Crippen molar-refractivity contribution in [1.29, 1.82) is 0 Å². The van der Waals surface area contributed by atoms with Crippen molar-refractivity contribution in [1.82, 2.24) is 4.31 Å². The van der Waals surface area contributed by atoms with Crippen molar-refractivity contribution in [2.45, 2.75) is 24.2 Å². The molecule has 0 saturated carbocycles. The molecule has 0 aliphatic carbocycles. The number of benzene rings is 2. The van der Waals surface area contributed by atoms with Gasteiger partial charge in [-0.05, 0) is 48.7 Å². The second-order valence-corrected chi connectivity index (χ2v) is 8.59. The number of nitrogens with zero attached hydrogens (tertiary/aromatic N) is 1. The van der Waals surface area contributed by atoms with Gasteiger partial charge >= 0.3 is 0 Å². The number of hydrogen-bond acceptors (Lipinski definition) is 4. The van der Waals surface area contributed by atoms with Gasteiger partial charge in [0.05, 0.1) is 11.5 Å². The molecule has 0 aromatic heterocycles. The third kappa shape index (κ3) is 4.82. The zero-order valence-corrected chi connectivity index (χ0v) is 17.1. The molecule has 3 rings (SSSR count). The van der Waals surface area contributed by atoms with Gasteiger partial charge in [-0.15, -0.1) is 12.4 Å². The molecule has 1 aliphatic rings. The predicted octanol–water partition coefficient (Wildman–Crippen LogP) is 3.26. The van der Waals surface area contributed by atoms with Crippen molar-refractivity contribution in [3.05, 3.63) is 60.2 Å². The van der Waals surface area contributed by atoms with Crippen LogP contribution in [0, 0.1) is 5.92 Å². The van der Waals surface area contributed by atoms with Gasteiger partial charge in [-0.2, -0.15) is 4.31 Å². The van der Waals surface area contributed by atoms with Gasteiger partial charge in [0.25, 0.3) is 0 Å². The maximum Gasteiger partial charge on any atom is 0.243 e. The predicted molar refractivity (Wildman–Crippen MR) is 110 cm³/mol. The number of rotatable bonds is 7. The molecule has 0 radical (unpaired) electrons. The van der Waals surface area contributed by atoms with Crippen LogP contribution in [0.2, 0.25) is 0 Å². The monoisotopic (exact) mass is 410 g/mol. The first kappa shape index (κ1) is 21.7. The van der Waals surface area contributed by atoms with Crippen molar-refractivity contribution in [3.8, 4) is 5.75 Å². The van der Waals surface area contributed by atoms with Crippen LogP contribution >= 0.6 is 12.4 Å². The minimum atomic E-state index is -3.54. The maximum atomic E-state index is 13.0. The molecule has 7 heteroatoms. The zero-order valence-electron chi connectivity index (χ0n) is 15.5. The lowest BCUT2D eigenvalue weighted by molar-refractivity contribution is 0.317. The lowest BCUT2D eigenvalue weighted by Gasteiger charge is -2.17. The summed E-state index contributed by atoms with van der Waals surface area (Å²) in [4.78, 5) is 0.297. The maximum absolute atomic E-state index is 13.0. The van der Waals surface area contributed by atoms with Gasteiger partial charge in [0, 0.05) is 19.0 Å². The minimum absolute atomic E-state index is 0. The van der Waals surface area contributed by atoms with E-state index in [1.54, 1.807) is 28.6 Å². The Labute approximate surface area is 168 Å². The molecule has 0 spiro atoms. The highest BCUT2D eigenvalue weighted by Crippen LogP contribution is 2.35. The van der Waals surface area contributed by atoms with E-state index in [2.05, 4.69) is 0 Å². The minimum Gasteiger partial charge on any atom is -0.494 e. The third-order valence-electron chi connectivity index (χ3n) is 4.87. The van der Waals surface area contributed by atoms with Crippen LogP contribution in [0.25, 0.3) is 0 Å². The molecule has 2 atom stereocenters. The van der Waals surface area contributed by atoms with Crippen LogP contribution in [0.1, 0.15) is 24.8 Å². The molecule has 1 heterocycles. The first-order valence-electron chi connectivity index (χ1n) is 9.04. The van der Waals surface area contributed by atoms with Crippen molar-refractivity contribution in [2.75, 3.05) is 26.2 Å². The van der Waals surface area contributed by atoms with E-state index < -0.39 is 10.0 Å². The highest BCUT2D eigenvalue weighted by molar-refractivity contribution is 7.89. The Hall–Kier alpha value is -1.60. The van der Waals surface area contributed by atoms with Crippen LogP contribution in [0.3, 0.4) is 0 Å². The van der Waals surface area contributed by atoms with Crippen molar-refractivity contribution >= 4 is 22.4 Å². The SMILES string of the molecule is CCCOc1ccc(S(=O)(=O)N2C[C@@H](CN)[C@H](c3ccccc3)C2)cc1.Cl.